The van der Waals surface area contributed by atoms with Crippen molar-refractivity contribution in [3.63, 3.8) is 0 Å². The molecule has 1 rings (SSSR count). The standard InChI is InChI=1S/C10H20NO/c1-5-11(6-2)8-7-10(4,12)9(11)3/h12H,3,5-8H2,1-2,4H3/q+1. The maximum absolute atomic E-state index is 9.95. The summed E-state index contributed by atoms with van der Waals surface area (Å²) in [7, 11) is 0. The van der Waals surface area contributed by atoms with Crippen LogP contribution >= 0.6 is 0 Å². The molecule has 1 saturated heterocycles. The smallest absolute Gasteiger partial charge is 0.140 e. The lowest BCUT2D eigenvalue weighted by molar-refractivity contribution is -0.881. The van der Waals surface area contributed by atoms with Crippen molar-refractivity contribution >= 4 is 0 Å². The predicted octanol–water partition coefficient (Wildman–Crippen LogP) is 1.51. The van der Waals surface area contributed by atoms with E-state index < -0.39 is 5.60 Å². The molecule has 1 aliphatic rings. The monoisotopic (exact) mass is 170 g/mol. The molecule has 0 aliphatic carbocycles. The highest BCUT2D eigenvalue weighted by Gasteiger charge is 2.47. The lowest BCUT2D eigenvalue weighted by Crippen LogP contribution is -2.45. The highest BCUT2D eigenvalue weighted by molar-refractivity contribution is 5.07. The number of rotatable bonds is 2. The molecule has 0 saturated carbocycles. The molecule has 0 aromatic heterocycles. The van der Waals surface area contributed by atoms with Gasteiger partial charge in [0.25, 0.3) is 0 Å². The van der Waals surface area contributed by atoms with Crippen molar-refractivity contribution in [3.05, 3.63) is 12.3 Å². The second-order valence-electron chi connectivity index (χ2n) is 3.97. The summed E-state index contributed by atoms with van der Waals surface area (Å²) in [6, 6.07) is 0. The molecule has 2 heteroatoms. The summed E-state index contributed by atoms with van der Waals surface area (Å²) in [6.45, 7) is 13.4. The van der Waals surface area contributed by atoms with Gasteiger partial charge in [0, 0.05) is 6.42 Å². The Labute approximate surface area is 75.1 Å². The van der Waals surface area contributed by atoms with Gasteiger partial charge in [0.05, 0.1) is 19.6 Å². The Morgan fingerprint density at radius 2 is 2.00 bits per heavy atom. The van der Waals surface area contributed by atoms with E-state index in [2.05, 4.69) is 20.4 Å². The predicted molar refractivity (Wildman–Crippen MR) is 50.6 cm³/mol. The van der Waals surface area contributed by atoms with Gasteiger partial charge in [-0.25, -0.2) is 0 Å². The molecule has 1 atom stereocenters. The van der Waals surface area contributed by atoms with Crippen molar-refractivity contribution in [2.75, 3.05) is 19.6 Å². The average molecular weight is 170 g/mol. The molecule has 0 aromatic rings. The molecule has 0 radical (unpaired) electrons. The highest BCUT2D eigenvalue weighted by atomic mass is 16.3. The van der Waals surface area contributed by atoms with Gasteiger partial charge in [0.2, 0.25) is 0 Å². The largest absolute Gasteiger partial charge is 0.380 e. The topological polar surface area (TPSA) is 20.2 Å². The minimum Gasteiger partial charge on any atom is -0.380 e. The summed E-state index contributed by atoms with van der Waals surface area (Å²) in [5, 5.41) is 9.95. The fourth-order valence-electron chi connectivity index (χ4n) is 2.14. The van der Waals surface area contributed by atoms with Gasteiger partial charge in [-0.05, 0) is 27.4 Å². The van der Waals surface area contributed by atoms with Crippen molar-refractivity contribution in [3.8, 4) is 0 Å². The number of quaternary nitrogens is 1. The van der Waals surface area contributed by atoms with E-state index in [0.717, 1.165) is 36.2 Å². The van der Waals surface area contributed by atoms with E-state index in [0.29, 0.717) is 0 Å². The van der Waals surface area contributed by atoms with Crippen LogP contribution in [0.5, 0.6) is 0 Å². The Morgan fingerprint density at radius 1 is 1.50 bits per heavy atom. The van der Waals surface area contributed by atoms with E-state index in [1.54, 1.807) is 0 Å². The SMILES string of the molecule is C=C1C(C)(O)CC[N+]1(CC)CC. The lowest BCUT2D eigenvalue weighted by Gasteiger charge is -2.34. The van der Waals surface area contributed by atoms with Crippen LogP contribution in [0.1, 0.15) is 27.2 Å². The van der Waals surface area contributed by atoms with Crippen LogP contribution in [-0.2, 0) is 0 Å². The van der Waals surface area contributed by atoms with Gasteiger partial charge >= 0.3 is 0 Å². The zero-order chi connectivity index (χ0) is 9.41. The van der Waals surface area contributed by atoms with Gasteiger partial charge in [-0.3, -0.25) is 4.48 Å². The van der Waals surface area contributed by atoms with Crippen molar-refractivity contribution in [1.29, 1.82) is 0 Å². The maximum atomic E-state index is 9.95. The Balaban J connectivity index is 2.91. The fourth-order valence-corrected chi connectivity index (χ4v) is 2.14. The molecule has 1 unspecified atom stereocenters. The first kappa shape index (κ1) is 9.75. The lowest BCUT2D eigenvalue weighted by atomic mass is 10.0. The Bertz CT molecular complexity index is 192. The van der Waals surface area contributed by atoms with Crippen LogP contribution < -0.4 is 0 Å². The average Bonchev–Trinajstić information content (AvgIpc) is 2.27. The molecule has 0 aromatic carbocycles. The quantitative estimate of drug-likeness (QED) is 0.623. The summed E-state index contributed by atoms with van der Waals surface area (Å²) >= 11 is 0. The molecule has 0 spiro atoms. The first-order valence-electron chi connectivity index (χ1n) is 4.77. The van der Waals surface area contributed by atoms with E-state index >= 15 is 0 Å². The first-order valence-corrected chi connectivity index (χ1v) is 4.77. The third-order valence-electron chi connectivity index (χ3n) is 3.43. The van der Waals surface area contributed by atoms with E-state index in [1.165, 1.54) is 0 Å². The third-order valence-corrected chi connectivity index (χ3v) is 3.43. The number of aliphatic hydroxyl groups is 1. The van der Waals surface area contributed by atoms with Gasteiger partial charge in [0.1, 0.15) is 11.3 Å². The summed E-state index contributed by atoms with van der Waals surface area (Å²) < 4.78 is 0.896. The zero-order valence-corrected chi connectivity index (χ0v) is 8.43. The maximum Gasteiger partial charge on any atom is 0.140 e. The number of hydrogen-bond acceptors (Lipinski definition) is 1. The summed E-state index contributed by atoms with van der Waals surface area (Å²) in [6.07, 6.45) is 0.855. The van der Waals surface area contributed by atoms with Crippen molar-refractivity contribution in [2.24, 2.45) is 0 Å². The van der Waals surface area contributed by atoms with Crippen LogP contribution in [0.15, 0.2) is 12.3 Å². The second-order valence-corrected chi connectivity index (χ2v) is 3.97. The minimum absolute atomic E-state index is 0.633. The van der Waals surface area contributed by atoms with Gasteiger partial charge in [0.15, 0.2) is 0 Å². The van der Waals surface area contributed by atoms with Crippen LogP contribution in [0.3, 0.4) is 0 Å². The molecule has 1 N–H and O–H groups in total. The van der Waals surface area contributed by atoms with Gasteiger partial charge < -0.3 is 5.11 Å². The van der Waals surface area contributed by atoms with E-state index in [4.69, 9.17) is 0 Å². The molecule has 0 bridgehead atoms. The Kier molecular flexibility index (Phi) is 2.32. The molecule has 1 heterocycles. The molecule has 1 fully saturated rings. The van der Waals surface area contributed by atoms with Crippen LogP contribution in [0.4, 0.5) is 0 Å². The number of nitrogens with zero attached hydrogens (tertiary/aromatic N) is 1. The van der Waals surface area contributed by atoms with Crippen LogP contribution in [0.2, 0.25) is 0 Å². The zero-order valence-electron chi connectivity index (χ0n) is 8.43. The molecule has 2 nitrogen and oxygen atoms in total. The third kappa shape index (κ3) is 1.19. The first-order chi connectivity index (χ1) is 5.48. The van der Waals surface area contributed by atoms with Crippen LogP contribution in [0, 0.1) is 0 Å². The van der Waals surface area contributed by atoms with Gasteiger partial charge in [-0.2, -0.15) is 0 Å². The van der Waals surface area contributed by atoms with Crippen LogP contribution in [-0.4, -0.2) is 34.8 Å². The summed E-state index contributed by atoms with van der Waals surface area (Å²) in [5.74, 6) is 0. The molecule has 70 valence electrons. The molecule has 0 amide bonds. The summed E-state index contributed by atoms with van der Waals surface area (Å²) in [4.78, 5) is 0. The number of hydrogen-bond donors (Lipinski definition) is 1. The Morgan fingerprint density at radius 3 is 2.17 bits per heavy atom. The van der Waals surface area contributed by atoms with E-state index in [-0.39, 0.29) is 0 Å². The normalized spacial score (nSPS) is 34.2. The summed E-state index contributed by atoms with van der Waals surface area (Å²) in [5.41, 5.74) is 0.360. The number of likely N-dealkylation sites (tertiary alicyclic amines) is 1. The fraction of sp³-hybridized carbons (Fsp3) is 0.800. The molecular formula is C10H20NO+. The van der Waals surface area contributed by atoms with Crippen LogP contribution in [0.25, 0.3) is 0 Å². The van der Waals surface area contributed by atoms with Gasteiger partial charge in [-0.15, -0.1) is 0 Å². The van der Waals surface area contributed by atoms with Crippen molar-refractivity contribution in [1.82, 2.24) is 0 Å². The second kappa shape index (κ2) is 2.86. The van der Waals surface area contributed by atoms with E-state index in [9.17, 15) is 5.11 Å². The van der Waals surface area contributed by atoms with Crippen molar-refractivity contribution in [2.45, 2.75) is 32.8 Å². The molecule has 1 aliphatic heterocycles. The minimum atomic E-state index is -0.633. The van der Waals surface area contributed by atoms with E-state index in [1.807, 2.05) is 6.92 Å². The van der Waals surface area contributed by atoms with Gasteiger partial charge in [-0.1, -0.05) is 0 Å². The molecule has 12 heavy (non-hydrogen) atoms. The highest BCUT2D eigenvalue weighted by Crippen LogP contribution is 2.36. The Hall–Kier alpha value is -0.340. The van der Waals surface area contributed by atoms with Crippen molar-refractivity contribution < 1.29 is 9.59 Å². The molecular weight excluding hydrogens is 150 g/mol. The number of likely N-dealkylation sites (N-methyl/N-ethyl adjacent to an activating group) is 1.